The highest BCUT2D eigenvalue weighted by atomic mass is 32.1. The monoisotopic (exact) mass is 525 g/mol. The summed E-state index contributed by atoms with van der Waals surface area (Å²) in [5, 5.41) is 7.08. The minimum absolute atomic E-state index is 0.0470. The topological polar surface area (TPSA) is 80.3 Å². The minimum atomic E-state index is -0.850. The Morgan fingerprint density at radius 2 is 1.75 bits per heavy atom. The van der Waals surface area contributed by atoms with Crippen LogP contribution < -0.4 is 10.6 Å². The van der Waals surface area contributed by atoms with Gasteiger partial charge in [0, 0.05) is 4.90 Å². The average Bonchev–Trinajstić information content (AvgIpc) is 3.56. The molecule has 8 heteroatoms. The quantitative estimate of drug-likeness (QED) is 0.320. The molecule has 1 amide bonds. The molecule has 0 atom stereocenters. The molecule has 1 saturated heterocycles. The second-order valence-corrected chi connectivity index (χ2v) is 12.1. The molecule has 0 spiro atoms. The summed E-state index contributed by atoms with van der Waals surface area (Å²) in [5.74, 6) is -0.491. The zero-order chi connectivity index (χ0) is 25.8. The number of nitrogens with zero attached hydrogens (tertiary/aromatic N) is 1. The van der Waals surface area contributed by atoms with Gasteiger partial charge in [0.25, 0.3) is 0 Å². The van der Waals surface area contributed by atoms with Gasteiger partial charge in [-0.05, 0) is 82.8 Å². The van der Waals surface area contributed by atoms with Crippen molar-refractivity contribution in [2.75, 3.05) is 13.1 Å². The second-order valence-electron chi connectivity index (χ2n) is 10.5. The summed E-state index contributed by atoms with van der Waals surface area (Å²) in [6, 6.07) is 13.8. The predicted molar refractivity (Wildman–Crippen MR) is 148 cm³/mol. The van der Waals surface area contributed by atoms with Crippen molar-refractivity contribution in [2.24, 2.45) is 5.41 Å². The van der Waals surface area contributed by atoms with Crippen molar-refractivity contribution in [1.29, 1.82) is 0 Å². The Bertz CT molecular complexity index is 1200. The number of rotatable bonds is 5. The van der Waals surface area contributed by atoms with Gasteiger partial charge in [-0.3, -0.25) is 9.59 Å². The minimum Gasteiger partial charge on any atom is -0.460 e. The van der Waals surface area contributed by atoms with E-state index in [1.54, 1.807) is 0 Å². The lowest BCUT2D eigenvalue weighted by Gasteiger charge is -2.28. The van der Waals surface area contributed by atoms with E-state index in [1.807, 2.05) is 63.2 Å². The zero-order valence-corrected chi connectivity index (χ0v) is 22.9. The summed E-state index contributed by atoms with van der Waals surface area (Å²) in [6.45, 7) is 8.33. The number of fused-ring (bicyclic) bond motifs is 2. The zero-order valence-electron chi connectivity index (χ0n) is 21.2. The highest BCUT2D eigenvalue weighted by molar-refractivity contribution is 7.80. The molecule has 2 aromatic carbocycles. The van der Waals surface area contributed by atoms with Crippen LogP contribution in [0.4, 0.5) is 0 Å². The van der Waals surface area contributed by atoms with Crippen LogP contribution in [0.3, 0.4) is 0 Å². The number of carbonyl (C=O) groups is 2. The molecule has 2 heterocycles. The number of hydrogen-bond donors (Lipinski definition) is 3. The molecule has 3 aromatic rings. The first-order valence-corrected chi connectivity index (χ1v) is 13.8. The van der Waals surface area contributed by atoms with E-state index < -0.39 is 11.0 Å². The van der Waals surface area contributed by atoms with Gasteiger partial charge < -0.3 is 15.4 Å². The smallest absolute Gasteiger partial charge is 0.307 e. The molecule has 0 saturated carbocycles. The van der Waals surface area contributed by atoms with Gasteiger partial charge in [0.05, 0.1) is 28.6 Å². The van der Waals surface area contributed by atoms with Gasteiger partial charge in [-0.2, -0.15) is 0 Å². The summed E-state index contributed by atoms with van der Waals surface area (Å²) >= 11 is 6.00. The number of nitrogens with one attached hydrogen (secondary N) is 2. The van der Waals surface area contributed by atoms with E-state index >= 15 is 0 Å². The van der Waals surface area contributed by atoms with Crippen molar-refractivity contribution < 1.29 is 14.3 Å². The molecule has 1 aromatic heterocycles. The first-order chi connectivity index (χ1) is 17.2. The Labute approximate surface area is 222 Å². The van der Waals surface area contributed by atoms with E-state index in [4.69, 9.17) is 4.74 Å². The molecule has 192 valence electrons. The molecule has 36 heavy (non-hydrogen) atoms. The number of thiazole rings is 1. The Hall–Kier alpha value is -2.42. The first kappa shape index (κ1) is 26.6. The van der Waals surface area contributed by atoms with Crippen molar-refractivity contribution >= 4 is 46.1 Å². The molecular weight excluding hydrogens is 490 g/mol. The number of ether oxygens (including phenoxy) is 1. The maximum Gasteiger partial charge on any atom is 0.307 e. The average molecular weight is 526 g/mol. The molecule has 1 fully saturated rings. The van der Waals surface area contributed by atoms with Crippen LogP contribution in [0, 0.1) is 5.41 Å². The fourth-order valence-corrected chi connectivity index (χ4v) is 6.00. The lowest BCUT2D eigenvalue weighted by atomic mass is 9.80. The van der Waals surface area contributed by atoms with Crippen LogP contribution in [0.1, 0.15) is 56.2 Å². The summed E-state index contributed by atoms with van der Waals surface area (Å²) in [5.41, 5.74) is 1.63. The van der Waals surface area contributed by atoms with Crippen molar-refractivity contribution in [1.82, 2.24) is 15.6 Å². The molecule has 5 rings (SSSR count). The lowest BCUT2D eigenvalue weighted by Crippen LogP contribution is -2.44. The Morgan fingerprint density at radius 3 is 2.31 bits per heavy atom. The van der Waals surface area contributed by atoms with Crippen LogP contribution in [-0.2, 0) is 33.7 Å². The highest BCUT2D eigenvalue weighted by Gasteiger charge is 2.46. The van der Waals surface area contributed by atoms with E-state index in [0.29, 0.717) is 19.4 Å². The van der Waals surface area contributed by atoms with Crippen LogP contribution in [-0.4, -0.2) is 35.6 Å². The lowest BCUT2D eigenvalue weighted by molar-refractivity contribution is -0.160. The molecule has 1 aliphatic heterocycles. The number of aromatic nitrogens is 1. The largest absolute Gasteiger partial charge is 0.460 e. The molecule has 1 aliphatic carbocycles. The standard InChI is InChI=1S/C24H26N2O3S2.C4H9N/c1-23(2,3)29-20(27)13-24(11-15-7-4-5-8-16(15)12-24)22(28)25-14-19-26-21-17(30)9-6-10-18(21)31-19;1-2-4-5-3-1/h4-10,30H,11-14H2,1-3H3,(H,25,28);5H,1-4H2. The van der Waals surface area contributed by atoms with Crippen molar-refractivity contribution in [2.45, 2.75) is 69.9 Å². The number of thiol groups is 1. The second kappa shape index (κ2) is 11.3. The Morgan fingerprint density at radius 1 is 1.08 bits per heavy atom. The van der Waals surface area contributed by atoms with Crippen LogP contribution in [0.5, 0.6) is 0 Å². The molecule has 6 nitrogen and oxygen atoms in total. The third-order valence-corrected chi connectivity index (χ3v) is 7.74. The summed E-state index contributed by atoms with van der Waals surface area (Å²) in [7, 11) is 0. The molecule has 0 bridgehead atoms. The van der Waals surface area contributed by atoms with Crippen LogP contribution in [0.25, 0.3) is 10.2 Å². The Balaban J connectivity index is 0.000000543. The molecule has 2 aliphatic rings. The third-order valence-electron chi connectivity index (χ3n) is 6.36. The van der Waals surface area contributed by atoms with Gasteiger partial charge in [0.15, 0.2) is 0 Å². The Kier molecular flexibility index (Phi) is 8.37. The summed E-state index contributed by atoms with van der Waals surface area (Å²) < 4.78 is 6.59. The van der Waals surface area contributed by atoms with Gasteiger partial charge in [-0.25, -0.2) is 4.98 Å². The van der Waals surface area contributed by atoms with Crippen molar-refractivity contribution in [3.05, 3.63) is 58.6 Å². The van der Waals surface area contributed by atoms with Crippen LogP contribution >= 0.6 is 24.0 Å². The molecule has 2 N–H and O–H groups in total. The number of esters is 1. The van der Waals surface area contributed by atoms with Crippen LogP contribution in [0.2, 0.25) is 0 Å². The molecule has 0 unspecified atom stereocenters. The number of amides is 1. The number of para-hydroxylation sites is 1. The maximum atomic E-state index is 13.4. The third kappa shape index (κ3) is 6.66. The van der Waals surface area contributed by atoms with Gasteiger partial charge in [0.1, 0.15) is 10.6 Å². The first-order valence-electron chi connectivity index (χ1n) is 12.5. The van der Waals surface area contributed by atoms with E-state index in [1.165, 1.54) is 37.3 Å². The fraction of sp³-hybridized carbons (Fsp3) is 0.464. The van der Waals surface area contributed by atoms with Crippen molar-refractivity contribution in [3.63, 3.8) is 0 Å². The maximum absolute atomic E-state index is 13.4. The van der Waals surface area contributed by atoms with Gasteiger partial charge >= 0.3 is 5.97 Å². The van der Waals surface area contributed by atoms with E-state index in [9.17, 15) is 9.59 Å². The van der Waals surface area contributed by atoms with Gasteiger partial charge in [0.2, 0.25) is 5.91 Å². The SMILES string of the molecule is C1CCNC1.CC(C)(C)OC(=O)CC1(C(=O)NCc2nc3c(S)cccc3s2)Cc2ccccc2C1. The summed E-state index contributed by atoms with van der Waals surface area (Å²) in [6.07, 6.45) is 3.87. The predicted octanol–water partition coefficient (Wildman–Crippen LogP) is 5.09. The molecular formula is C28H35N3O3S2. The molecule has 0 radical (unpaired) electrons. The van der Waals surface area contributed by atoms with Crippen molar-refractivity contribution in [3.8, 4) is 0 Å². The van der Waals surface area contributed by atoms with Crippen LogP contribution in [0.15, 0.2) is 47.4 Å². The van der Waals surface area contributed by atoms with E-state index in [-0.39, 0.29) is 18.3 Å². The van der Waals surface area contributed by atoms with E-state index in [0.717, 1.165) is 31.2 Å². The number of carbonyl (C=O) groups excluding carboxylic acids is 2. The van der Waals surface area contributed by atoms with E-state index in [2.05, 4.69) is 28.2 Å². The highest BCUT2D eigenvalue weighted by Crippen LogP contribution is 2.41. The summed E-state index contributed by atoms with van der Waals surface area (Å²) in [4.78, 5) is 31.6. The normalized spacial score (nSPS) is 16.2. The van der Waals surface area contributed by atoms with Gasteiger partial charge in [-0.15, -0.1) is 24.0 Å². The number of hydrogen-bond acceptors (Lipinski definition) is 7. The fourth-order valence-electron chi connectivity index (χ4n) is 4.74. The van der Waals surface area contributed by atoms with Gasteiger partial charge in [-0.1, -0.05) is 30.3 Å². The number of benzene rings is 2.